The average Bonchev–Trinajstić information content (AvgIpc) is 2.67. The number of amides is 1. The van der Waals surface area contributed by atoms with Gasteiger partial charge in [-0.2, -0.15) is 0 Å². The van der Waals surface area contributed by atoms with Crippen LogP contribution in [0.1, 0.15) is 19.0 Å². The molecule has 0 aliphatic carbocycles. The lowest BCUT2D eigenvalue weighted by molar-refractivity contribution is -0.122. The maximum absolute atomic E-state index is 11.4. The number of carbonyl (C=O) groups excluding carboxylic acids is 1. The van der Waals surface area contributed by atoms with Crippen molar-refractivity contribution in [1.82, 2.24) is 15.3 Å². The summed E-state index contributed by atoms with van der Waals surface area (Å²) >= 11 is 0. The smallest absolute Gasteiger partial charge is 0.220 e. The summed E-state index contributed by atoms with van der Waals surface area (Å²) in [6.45, 7) is 3.09. The number of hydrogen-bond donors (Lipinski definition) is 2. The summed E-state index contributed by atoms with van der Waals surface area (Å²) in [6, 6.07) is 0. The maximum Gasteiger partial charge on any atom is 0.220 e. The summed E-state index contributed by atoms with van der Waals surface area (Å²) in [7, 11) is 1.64. The van der Waals surface area contributed by atoms with Crippen molar-refractivity contribution >= 4 is 5.91 Å². The summed E-state index contributed by atoms with van der Waals surface area (Å²) in [4.78, 5) is 18.2. The van der Waals surface area contributed by atoms with E-state index in [4.69, 9.17) is 4.74 Å². The number of hydrogen-bond acceptors (Lipinski definition) is 3. The number of aromatic nitrogens is 2. The zero-order valence-corrected chi connectivity index (χ0v) is 9.12. The maximum atomic E-state index is 11.4. The van der Waals surface area contributed by atoms with Crippen molar-refractivity contribution in [2.24, 2.45) is 5.92 Å². The second-order valence-corrected chi connectivity index (χ2v) is 3.62. The summed E-state index contributed by atoms with van der Waals surface area (Å²) in [6.07, 6.45) is 3.77. The van der Waals surface area contributed by atoms with Gasteiger partial charge in [0.2, 0.25) is 5.91 Å². The molecular weight excluding hydrogens is 194 g/mol. The lowest BCUT2D eigenvalue weighted by Crippen LogP contribution is -2.25. The van der Waals surface area contributed by atoms with E-state index in [1.807, 2.05) is 6.92 Å². The van der Waals surface area contributed by atoms with Gasteiger partial charge in [0, 0.05) is 26.3 Å². The highest BCUT2D eigenvalue weighted by Crippen LogP contribution is 2.01. The molecule has 1 unspecified atom stereocenters. The Kier molecular flexibility index (Phi) is 4.83. The predicted molar refractivity (Wildman–Crippen MR) is 56.1 cm³/mol. The zero-order valence-electron chi connectivity index (χ0n) is 9.12. The molecule has 0 aromatic carbocycles. The van der Waals surface area contributed by atoms with E-state index in [0.717, 1.165) is 5.69 Å². The molecule has 0 saturated heterocycles. The average molecular weight is 211 g/mol. The van der Waals surface area contributed by atoms with E-state index in [0.29, 0.717) is 19.6 Å². The van der Waals surface area contributed by atoms with Gasteiger partial charge in [-0.1, -0.05) is 6.92 Å². The lowest BCUT2D eigenvalue weighted by atomic mass is 10.1. The minimum absolute atomic E-state index is 0.0363. The third-order valence-corrected chi connectivity index (χ3v) is 2.02. The van der Waals surface area contributed by atoms with E-state index < -0.39 is 0 Å². The van der Waals surface area contributed by atoms with Crippen molar-refractivity contribution < 1.29 is 9.53 Å². The van der Waals surface area contributed by atoms with Crippen molar-refractivity contribution in [2.45, 2.75) is 19.9 Å². The topological polar surface area (TPSA) is 67.0 Å². The van der Waals surface area contributed by atoms with Gasteiger partial charge >= 0.3 is 0 Å². The molecule has 1 atom stereocenters. The Balaban J connectivity index is 2.19. The number of imidazole rings is 1. The fourth-order valence-corrected chi connectivity index (χ4v) is 1.31. The van der Waals surface area contributed by atoms with Crippen LogP contribution in [0.25, 0.3) is 0 Å². The molecule has 0 spiro atoms. The Labute approximate surface area is 89.2 Å². The van der Waals surface area contributed by atoms with Crippen LogP contribution in [0.2, 0.25) is 0 Å². The van der Waals surface area contributed by atoms with Gasteiger partial charge in [-0.25, -0.2) is 4.98 Å². The first-order valence-electron chi connectivity index (χ1n) is 4.95. The minimum Gasteiger partial charge on any atom is -0.384 e. The quantitative estimate of drug-likeness (QED) is 0.727. The molecule has 5 heteroatoms. The first-order valence-corrected chi connectivity index (χ1v) is 4.95. The van der Waals surface area contributed by atoms with Crippen LogP contribution in [0.3, 0.4) is 0 Å². The number of aromatic amines is 1. The van der Waals surface area contributed by atoms with Crippen LogP contribution >= 0.6 is 0 Å². The molecule has 0 aliphatic rings. The number of rotatable bonds is 6. The lowest BCUT2D eigenvalue weighted by Gasteiger charge is -2.09. The van der Waals surface area contributed by atoms with Crippen molar-refractivity contribution in [1.29, 1.82) is 0 Å². The minimum atomic E-state index is 0.0363. The van der Waals surface area contributed by atoms with Gasteiger partial charge in [-0.3, -0.25) is 4.79 Å². The number of H-pyrrole nitrogens is 1. The van der Waals surface area contributed by atoms with Crippen LogP contribution in [0.4, 0.5) is 0 Å². The highest BCUT2D eigenvalue weighted by Gasteiger charge is 2.08. The molecule has 1 aromatic heterocycles. The summed E-state index contributed by atoms with van der Waals surface area (Å²) in [5, 5.41) is 2.81. The van der Waals surface area contributed by atoms with Crippen molar-refractivity contribution in [3.63, 3.8) is 0 Å². The Morgan fingerprint density at radius 2 is 2.53 bits per heavy atom. The van der Waals surface area contributed by atoms with E-state index in [9.17, 15) is 4.79 Å². The third-order valence-electron chi connectivity index (χ3n) is 2.02. The molecule has 1 heterocycles. The second kappa shape index (κ2) is 6.19. The summed E-state index contributed by atoms with van der Waals surface area (Å²) in [5.74, 6) is 0.283. The van der Waals surface area contributed by atoms with Gasteiger partial charge < -0.3 is 15.0 Å². The van der Waals surface area contributed by atoms with Crippen LogP contribution in [0.15, 0.2) is 12.5 Å². The molecule has 0 bridgehead atoms. The third kappa shape index (κ3) is 4.60. The van der Waals surface area contributed by atoms with Gasteiger partial charge in [0.15, 0.2) is 0 Å². The van der Waals surface area contributed by atoms with Crippen LogP contribution < -0.4 is 5.32 Å². The number of nitrogens with zero attached hydrogens (tertiary/aromatic N) is 1. The fourth-order valence-electron chi connectivity index (χ4n) is 1.31. The monoisotopic (exact) mass is 211 g/mol. The Hall–Kier alpha value is -1.36. The normalized spacial score (nSPS) is 12.4. The number of methoxy groups -OCH3 is 1. The highest BCUT2D eigenvalue weighted by molar-refractivity contribution is 5.76. The molecule has 0 aliphatic heterocycles. The number of nitrogens with one attached hydrogen (secondary N) is 2. The van der Waals surface area contributed by atoms with Crippen LogP contribution in [-0.4, -0.2) is 29.6 Å². The van der Waals surface area contributed by atoms with E-state index in [2.05, 4.69) is 15.3 Å². The predicted octanol–water partition coefficient (Wildman–Crippen LogP) is 0.698. The fraction of sp³-hybridized carbons (Fsp3) is 0.600. The number of carbonyl (C=O) groups is 1. The van der Waals surface area contributed by atoms with Gasteiger partial charge in [0.05, 0.1) is 18.6 Å². The van der Waals surface area contributed by atoms with E-state index in [1.165, 1.54) is 0 Å². The first-order chi connectivity index (χ1) is 7.22. The molecule has 1 rings (SSSR count). The Morgan fingerprint density at radius 3 is 3.13 bits per heavy atom. The van der Waals surface area contributed by atoms with Gasteiger partial charge in [0.1, 0.15) is 0 Å². The van der Waals surface area contributed by atoms with Gasteiger partial charge in [-0.05, 0) is 5.92 Å². The van der Waals surface area contributed by atoms with Crippen molar-refractivity contribution in [3.05, 3.63) is 18.2 Å². The molecule has 1 amide bonds. The standard InChI is InChI=1S/C10H17N3O2/c1-8(6-15-2)3-10(14)12-5-9-4-11-7-13-9/h4,7-8H,3,5-6H2,1-2H3,(H,11,13)(H,12,14). The molecule has 84 valence electrons. The van der Waals surface area contributed by atoms with Crippen LogP contribution in [-0.2, 0) is 16.1 Å². The molecular formula is C10H17N3O2. The molecule has 2 N–H and O–H groups in total. The van der Waals surface area contributed by atoms with Crippen LogP contribution in [0.5, 0.6) is 0 Å². The molecule has 0 fully saturated rings. The molecule has 15 heavy (non-hydrogen) atoms. The van der Waals surface area contributed by atoms with Gasteiger partial charge in [-0.15, -0.1) is 0 Å². The summed E-state index contributed by atoms with van der Waals surface area (Å²) < 4.78 is 4.96. The Bertz CT molecular complexity index is 285. The summed E-state index contributed by atoms with van der Waals surface area (Å²) in [5.41, 5.74) is 0.905. The van der Waals surface area contributed by atoms with E-state index in [1.54, 1.807) is 19.6 Å². The van der Waals surface area contributed by atoms with Crippen molar-refractivity contribution in [3.8, 4) is 0 Å². The molecule has 0 saturated carbocycles. The first kappa shape index (κ1) is 11.7. The van der Waals surface area contributed by atoms with Crippen LogP contribution in [0, 0.1) is 5.92 Å². The zero-order chi connectivity index (χ0) is 11.1. The van der Waals surface area contributed by atoms with E-state index in [-0.39, 0.29) is 11.8 Å². The SMILES string of the molecule is COCC(C)CC(=O)NCc1cnc[nH]1. The second-order valence-electron chi connectivity index (χ2n) is 3.62. The van der Waals surface area contributed by atoms with Gasteiger partial charge in [0.25, 0.3) is 0 Å². The largest absolute Gasteiger partial charge is 0.384 e. The highest BCUT2D eigenvalue weighted by atomic mass is 16.5. The Morgan fingerprint density at radius 1 is 1.73 bits per heavy atom. The number of ether oxygens (including phenoxy) is 1. The molecule has 5 nitrogen and oxygen atoms in total. The molecule has 0 radical (unpaired) electrons. The van der Waals surface area contributed by atoms with E-state index >= 15 is 0 Å². The van der Waals surface area contributed by atoms with Crippen molar-refractivity contribution in [2.75, 3.05) is 13.7 Å². The molecule has 1 aromatic rings.